The van der Waals surface area contributed by atoms with Gasteiger partial charge in [0.2, 0.25) is 5.91 Å². The summed E-state index contributed by atoms with van der Waals surface area (Å²) in [7, 11) is 3.80. The van der Waals surface area contributed by atoms with E-state index < -0.39 is 0 Å². The Bertz CT molecular complexity index is 711. The zero-order valence-electron chi connectivity index (χ0n) is 15.1. The van der Waals surface area contributed by atoms with E-state index in [1.54, 1.807) is 0 Å². The molecule has 2 aromatic carbocycles. The van der Waals surface area contributed by atoms with Gasteiger partial charge in [0.05, 0.1) is 13.1 Å². The molecular weight excluding hydrogens is 312 g/mol. The predicted molar refractivity (Wildman–Crippen MR) is 104 cm³/mol. The fourth-order valence-corrected chi connectivity index (χ4v) is 2.34. The highest BCUT2D eigenvalue weighted by molar-refractivity contribution is 5.95. The molecule has 0 aliphatic rings. The third-order valence-corrected chi connectivity index (χ3v) is 3.70. The van der Waals surface area contributed by atoms with Crippen LogP contribution in [0, 0.1) is 0 Å². The average molecular weight is 338 g/mol. The van der Waals surface area contributed by atoms with Crippen molar-refractivity contribution in [3.05, 3.63) is 65.7 Å². The number of aryl methyl sites for hydroxylation is 1. The van der Waals surface area contributed by atoms with Gasteiger partial charge in [0.25, 0.3) is 0 Å². The maximum absolute atomic E-state index is 12.2. The van der Waals surface area contributed by atoms with Gasteiger partial charge in [-0.1, -0.05) is 49.4 Å². The van der Waals surface area contributed by atoms with Gasteiger partial charge in [0.1, 0.15) is 0 Å². The number of nitrogens with one attached hydrogen (secondary N) is 2. The minimum absolute atomic E-state index is 0.0949. The molecule has 0 radical (unpaired) electrons. The van der Waals surface area contributed by atoms with Gasteiger partial charge in [0.15, 0.2) is 5.96 Å². The predicted octanol–water partition coefficient (Wildman–Crippen LogP) is 2.89. The Labute approximate surface area is 149 Å². The molecule has 0 bridgehead atoms. The Kier molecular flexibility index (Phi) is 7.01. The molecular formula is C20H26N4O. The van der Waals surface area contributed by atoms with Crippen LogP contribution in [0.1, 0.15) is 18.1 Å². The first-order chi connectivity index (χ1) is 12.1. The van der Waals surface area contributed by atoms with Crippen molar-refractivity contribution in [2.45, 2.75) is 19.9 Å². The minimum atomic E-state index is -0.0949. The number of carbonyl (C=O) groups excluding carboxylic acids is 1. The number of hydrogen-bond donors (Lipinski definition) is 2. The lowest BCUT2D eigenvalue weighted by Gasteiger charge is -2.17. The highest BCUT2D eigenvalue weighted by Crippen LogP contribution is 2.10. The largest absolute Gasteiger partial charge is 0.349 e. The van der Waals surface area contributed by atoms with E-state index in [1.165, 1.54) is 5.56 Å². The number of guanidine groups is 1. The third kappa shape index (κ3) is 6.30. The van der Waals surface area contributed by atoms with Gasteiger partial charge in [-0.15, -0.1) is 0 Å². The molecule has 0 aromatic heterocycles. The summed E-state index contributed by atoms with van der Waals surface area (Å²) in [6.07, 6.45) is 0.943. The molecule has 2 aromatic rings. The fraction of sp³-hybridized carbons (Fsp3) is 0.300. The van der Waals surface area contributed by atoms with Crippen LogP contribution in [0.5, 0.6) is 0 Å². The van der Waals surface area contributed by atoms with Crippen molar-refractivity contribution in [2.24, 2.45) is 4.99 Å². The van der Waals surface area contributed by atoms with E-state index in [0.29, 0.717) is 12.5 Å². The van der Waals surface area contributed by atoms with Gasteiger partial charge in [-0.25, -0.2) is 4.99 Å². The summed E-state index contributed by atoms with van der Waals surface area (Å²) in [5.74, 6) is 0.587. The second-order valence-electron chi connectivity index (χ2n) is 5.98. The number of carbonyl (C=O) groups is 1. The highest BCUT2D eigenvalue weighted by atomic mass is 16.1. The Balaban J connectivity index is 1.90. The summed E-state index contributed by atoms with van der Waals surface area (Å²) in [6.45, 7) is 2.83. The molecule has 0 aliphatic heterocycles. The van der Waals surface area contributed by atoms with Crippen LogP contribution in [-0.2, 0) is 17.8 Å². The lowest BCUT2D eigenvalue weighted by atomic mass is 10.1. The number of rotatable bonds is 6. The smallest absolute Gasteiger partial charge is 0.243 e. The second-order valence-corrected chi connectivity index (χ2v) is 5.98. The summed E-state index contributed by atoms with van der Waals surface area (Å²) < 4.78 is 0. The van der Waals surface area contributed by atoms with Gasteiger partial charge in [-0.2, -0.15) is 0 Å². The zero-order chi connectivity index (χ0) is 18.1. The number of aliphatic imine (C=N–C) groups is 1. The number of amides is 1. The third-order valence-electron chi connectivity index (χ3n) is 3.70. The van der Waals surface area contributed by atoms with Crippen molar-refractivity contribution < 1.29 is 4.79 Å². The second kappa shape index (κ2) is 9.47. The quantitative estimate of drug-likeness (QED) is 0.629. The molecule has 0 fully saturated rings. The lowest BCUT2D eigenvalue weighted by Crippen LogP contribution is -2.40. The Morgan fingerprint density at radius 1 is 1.04 bits per heavy atom. The van der Waals surface area contributed by atoms with E-state index in [2.05, 4.69) is 22.5 Å². The topological polar surface area (TPSA) is 56.7 Å². The summed E-state index contributed by atoms with van der Waals surface area (Å²) in [5, 5.41) is 6.01. The van der Waals surface area contributed by atoms with Crippen LogP contribution in [0.3, 0.4) is 0 Å². The van der Waals surface area contributed by atoms with E-state index in [0.717, 1.165) is 17.7 Å². The van der Waals surface area contributed by atoms with Crippen molar-refractivity contribution in [2.75, 3.05) is 26.0 Å². The first-order valence-electron chi connectivity index (χ1n) is 8.47. The molecule has 5 nitrogen and oxygen atoms in total. The maximum Gasteiger partial charge on any atom is 0.243 e. The van der Waals surface area contributed by atoms with E-state index in [4.69, 9.17) is 0 Å². The molecule has 1 amide bonds. The van der Waals surface area contributed by atoms with Gasteiger partial charge in [0, 0.05) is 19.8 Å². The Morgan fingerprint density at radius 3 is 2.44 bits per heavy atom. The van der Waals surface area contributed by atoms with E-state index in [9.17, 15) is 4.79 Å². The molecule has 0 saturated heterocycles. The summed E-state index contributed by atoms with van der Waals surface area (Å²) in [5.41, 5.74) is 3.15. The maximum atomic E-state index is 12.2. The first-order valence-corrected chi connectivity index (χ1v) is 8.47. The molecule has 0 aliphatic carbocycles. The van der Waals surface area contributed by atoms with Crippen LogP contribution < -0.4 is 10.6 Å². The van der Waals surface area contributed by atoms with Crippen molar-refractivity contribution in [3.8, 4) is 0 Å². The van der Waals surface area contributed by atoms with E-state index in [-0.39, 0.29) is 12.5 Å². The molecule has 25 heavy (non-hydrogen) atoms. The van der Waals surface area contributed by atoms with Crippen LogP contribution >= 0.6 is 0 Å². The molecule has 0 heterocycles. The standard InChI is InChI=1S/C20H26N4O/c1-4-16-11-8-12-18(13-16)23-19(25)15-22-20(24(2)3)21-14-17-9-6-5-7-10-17/h5-13H,4,14-15H2,1-3H3,(H,21,22)(H,23,25). The SMILES string of the molecule is CCc1cccc(NC(=O)CNC(=NCc2ccccc2)N(C)C)c1. The zero-order valence-corrected chi connectivity index (χ0v) is 15.1. The van der Waals surface area contributed by atoms with Gasteiger partial charge in [-0.05, 0) is 29.7 Å². The normalized spacial score (nSPS) is 11.1. The minimum Gasteiger partial charge on any atom is -0.349 e. The molecule has 0 unspecified atom stereocenters. The first kappa shape index (κ1) is 18.5. The molecule has 0 saturated carbocycles. The van der Waals surface area contributed by atoms with Crippen LogP contribution in [0.15, 0.2) is 59.6 Å². The Hall–Kier alpha value is -2.82. The van der Waals surface area contributed by atoms with E-state index >= 15 is 0 Å². The van der Waals surface area contributed by atoms with Crippen molar-refractivity contribution in [1.82, 2.24) is 10.2 Å². The van der Waals surface area contributed by atoms with Gasteiger partial charge >= 0.3 is 0 Å². The number of nitrogens with zero attached hydrogens (tertiary/aromatic N) is 2. The number of anilines is 1. The van der Waals surface area contributed by atoms with E-state index in [1.807, 2.05) is 73.6 Å². The van der Waals surface area contributed by atoms with Crippen LogP contribution in [-0.4, -0.2) is 37.4 Å². The van der Waals surface area contributed by atoms with Crippen molar-refractivity contribution >= 4 is 17.6 Å². The van der Waals surface area contributed by atoms with Crippen molar-refractivity contribution in [1.29, 1.82) is 0 Å². The lowest BCUT2D eigenvalue weighted by molar-refractivity contribution is -0.115. The highest BCUT2D eigenvalue weighted by Gasteiger charge is 2.06. The van der Waals surface area contributed by atoms with Crippen LogP contribution in [0.2, 0.25) is 0 Å². The molecule has 0 atom stereocenters. The van der Waals surface area contributed by atoms with Gasteiger partial charge < -0.3 is 15.5 Å². The fourth-order valence-electron chi connectivity index (χ4n) is 2.34. The molecule has 5 heteroatoms. The van der Waals surface area contributed by atoms with Crippen LogP contribution in [0.4, 0.5) is 5.69 Å². The molecule has 0 spiro atoms. The monoisotopic (exact) mass is 338 g/mol. The van der Waals surface area contributed by atoms with Crippen LogP contribution in [0.25, 0.3) is 0 Å². The summed E-state index contributed by atoms with van der Waals surface area (Å²) in [4.78, 5) is 18.6. The summed E-state index contributed by atoms with van der Waals surface area (Å²) in [6, 6.07) is 17.9. The molecule has 2 rings (SSSR count). The number of benzene rings is 2. The number of hydrogen-bond acceptors (Lipinski definition) is 2. The molecule has 2 N–H and O–H groups in total. The Morgan fingerprint density at radius 2 is 1.76 bits per heavy atom. The summed E-state index contributed by atoms with van der Waals surface area (Å²) >= 11 is 0. The molecule has 132 valence electrons. The average Bonchev–Trinajstić information content (AvgIpc) is 2.62. The van der Waals surface area contributed by atoms with Crippen molar-refractivity contribution in [3.63, 3.8) is 0 Å². The van der Waals surface area contributed by atoms with Gasteiger partial charge in [-0.3, -0.25) is 4.79 Å².